The second-order valence-electron chi connectivity index (χ2n) is 8.27. The molecular formula is C17H30O4Si. The molecule has 0 aromatic heterocycles. The third kappa shape index (κ3) is 2.85. The van der Waals surface area contributed by atoms with E-state index in [9.17, 15) is 4.79 Å². The van der Waals surface area contributed by atoms with E-state index in [0.29, 0.717) is 5.92 Å². The lowest BCUT2D eigenvalue weighted by Gasteiger charge is -2.39. The molecule has 0 aromatic rings. The van der Waals surface area contributed by atoms with Crippen molar-refractivity contribution >= 4 is 14.3 Å². The average molecular weight is 327 g/mol. The number of hydrogen-bond donors (Lipinski definition) is 0. The quantitative estimate of drug-likeness (QED) is 0.581. The van der Waals surface area contributed by atoms with Gasteiger partial charge in [0.2, 0.25) is 8.32 Å². The maximum absolute atomic E-state index is 11.3. The van der Waals surface area contributed by atoms with Gasteiger partial charge in [-0.05, 0) is 30.1 Å². The van der Waals surface area contributed by atoms with Crippen LogP contribution in [0.25, 0.3) is 0 Å². The Hall–Kier alpha value is -0.813. The lowest BCUT2D eigenvalue weighted by atomic mass is 9.93. The number of ether oxygens (including phenoxy) is 2. The van der Waals surface area contributed by atoms with Crippen LogP contribution in [0.4, 0.5) is 0 Å². The minimum absolute atomic E-state index is 0.160. The van der Waals surface area contributed by atoms with Gasteiger partial charge in [-0.3, -0.25) is 4.79 Å². The van der Waals surface area contributed by atoms with Gasteiger partial charge in [-0.1, -0.05) is 27.7 Å². The fourth-order valence-corrected chi connectivity index (χ4v) is 4.37. The van der Waals surface area contributed by atoms with E-state index in [-0.39, 0.29) is 23.0 Å². The van der Waals surface area contributed by atoms with E-state index in [0.717, 1.165) is 12.2 Å². The van der Waals surface area contributed by atoms with Crippen molar-refractivity contribution in [2.24, 2.45) is 11.8 Å². The van der Waals surface area contributed by atoms with Crippen LogP contribution >= 0.6 is 0 Å². The number of fused-ring (bicyclic) bond motifs is 1. The third-order valence-corrected chi connectivity index (χ3v) is 9.93. The first-order valence-electron chi connectivity index (χ1n) is 8.08. The SMILES string of the molecule is CO[C@]12C=C(O[Si](C)(C)C(C)(C)C)C[C@H](C)[C@H]1[C@H]2OC(C)=O. The Balaban J connectivity index is 2.23. The lowest BCUT2D eigenvalue weighted by molar-refractivity contribution is -0.144. The standard InChI is InChI=1S/C17H30O4Si/c1-11-9-13(21-22(7,8)16(3,4)5)10-17(19-6)14(11)15(17)20-12(2)18/h10-11,14-15H,9H2,1-8H3/t11-,14-,15+,17+/m0/s1. The normalized spacial score (nSPS) is 34.5. The number of hydrogen-bond acceptors (Lipinski definition) is 4. The summed E-state index contributed by atoms with van der Waals surface area (Å²) in [4.78, 5) is 11.3. The van der Waals surface area contributed by atoms with Gasteiger partial charge < -0.3 is 13.9 Å². The molecule has 2 aliphatic rings. The molecule has 2 rings (SSSR count). The molecule has 0 N–H and O–H groups in total. The molecule has 1 saturated carbocycles. The van der Waals surface area contributed by atoms with E-state index in [1.807, 2.05) is 0 Å². The molecule has 5 heteroatoms. The Kier molecular flexibility index (Phi) is 4.28. The lowest BCUT2D eigenvalue weighted by Crippen LogP contribution is -2.41. The van der Waals surface area contributed by atoms with Gasteiger partial charge in [-0.15, -0.1) is 0 Å². The number of allylic oxidation sites excluding steroid dienone is 1. The zero-order valence-electron chi connectivity index (χ0n) is 15.1. The highest BCUT2D eigenvalue weighted by atomic mass is 28.4. The highest BCUT2D eigenvalue weighted by Crippen LogP contribution is 2.59. The maximum Gasteiger partial charge on any atom is 0.303 e. The highest BCUT2D eigenvalue weighted by molar-refractivity contribution is 6.74. The van der Waals surface area contributed by atoms with Crippen LogP contribution in [0.3, 0.4) is 0 Å². The van der Waals surface area contributed by atoms with Gasteiger partial charge in [-0.25, -0.2) is 0 Å². The number of carbonyl (C=O) groups excluding carboxylic acids is 1. The van der Waals surface area contributed by atoms with Crippen molar-refractivity contribution in [3.63, 3.8) is 0 Å². The molecule has 0 spiro atoms. The Labute approximate surface area is 135 Å². The topological polar surface area (TPSA) is 44.8 Å². The largest absolute Gasteiger partial charge is 0.547 e. The van der Waals surface area contributed by atoms with Gasteiger partial charge in [-0.2, -0.15) is 0 Å². The summed E-state index contributed by atoms with van der Waals surface area (Å²) in [6, 6.07) is 0. The molecule has 1 fully saturated rings. The summed E-state index contributed by atoms with van der Waals surface area (Å²) in [6.07, 6.45) is 2.79. The fourth-order valence-electron chi connectivity index (χ4n) is 3.26. The van der Waals surface area contributed by atoms with Gasteiger partial charge in [0.15, 0.2) is 0 Å². The monoisotopic (exact) mass is 326 g/mol. The van der Waals surface area contributed by atoms with Gasteiger partial charge in [0.05, 0.1) is 5.76 Å². The highest BCUT2D eigenvalue weighted by Gasteiger charge is 2.71. The molecule has 0 aromatic carbocycles. The molecule has 126 valence electrons. The third-order valence-electron chi connectivity index (χ3n) is 5.54. The maximum atomic E-state index is 11.3. The Morgan fingerprint density at radius 3 is 2.41 bits per heavy atom. The van der Waals surface area contributed by atoms with Crippen molar-refractivity contribution in [1.29, 1.82) is 0 Å². The van der Waals surface area contributed by atoms with E-state index < -0.39 is 13.9 Å². The summed E-state index contributed by atoms with van der Waals surface area (Å²) in [6.45, 7) is 14.8. The second-order valence-corrected chi connectivity index (χ2v) is 13.0. The van der Waals surface area contributed by atoms with E-state index in [4.69, 9.17) is 13.9 Å². The van der Waals surface area contributed by atoms with Crippen molar-refractivity contribution in [2.75, 3.05) is 7.11 Å². The minimum Gasteiger partial charge on any atom is -0.547 e. The fraction of sp³-hybridized carbons (Fsp3) is 0.824. The molecular weight excluding hydrogens is 296 g/mol. The van der Waals surface area contributed by atoms with Crippen LogP contribution in [0.15, 0.2) is 11.8 Å². The van der Waals surface area contributed by atoms with Crippen molar-refractivity contribution in [3.05, 3.63) is 11.8 Å². The molecule has 0 saturated heterocycles. The molecule has 0 heterocycles. The van der Waals surface area contributed by atoms with Gasteiger partial charge in [0, 0.05) is 26.4 Å². The summed E-state index contributed by atoms with van der Waals surface area (Å²) in [5.41, 5.74) is -0.485. The summed E-state index contributed by atoms with van der Waals surface area (Å²) >= 11 is 0. The van der Waals surface area contributed by atoms with Crippen LogP contribution in [0.1, 0.15) is 41.0 Å². The van der Waals surface area contributed by atoms with E-state index >= 15 is 0 Å². The predicted octanol–water partition coefficient (Wildman–Crippen LogP) is 3.88. The predicted molar refractivity (Wildman–Crippen MR) is 88.9 cm³/mol. The van der Waals surface area contributed by atoms with Crippen LogP contribution in [0.2, 0.25) is 18.1 Å². The summed E-state index contributed by atoms with van der Waals surface area (Å²) in [7, 11) is -0.175. The van der Waals surface area contributed by atoms with E-state index in [1.54, 1.807) is 7.11 Å². The van der Waals surface area contributed by atoms with Gasteiger partial charge in [0.25, 0.3) is 0 Å². The van der Waals surface area contributed by atoms with Crippen LogP contribution in [0, 0.1) is 11.8 Å². The van der Waals surface area contributed by atoms with Crippen molar-refractivity contribution in [1.82, 2.24) is 0 Å². The molecule has 22 heavy (non-hydrogen) atoms. The number of carbonyl (C=O) groups is 1. The second kappa shape index (κ2) is 5.37. The molecule has 0 bridgehead atoms. The molecule has 0 aliphatic heterocycles. The first-order valence-corrected chi connectivity index (χ1v) is 11.0. The zero-order valence-corrected chi connectivity index (χ0v) is 16.1. The number of methoxy groups -OCH3 is 1. The van der Waals surface area contributed by atoms with Gasteiger partial charge in [0.1, 0.15) is 11.7 Å². The molecule has 4 nitrogen and oxygen atoms in total. The smallest absolute Gasteiger partial charge is 0.303 e. The first kappa shape index (κ1) is 17.5. The van der Waals surface area contributed by atoms with Crippen LogP contribution in [-0.2, 0) is 18.7 Å². The summed E-state index contributed by atoms with van der Waals surface area (Å²) in [5.74, 6) is 1.39. The molecule has 0 amide bonds. The Bertz CT molecular complexity index is 491. The first-order chi connectivity index (χ1) is 9.94. The molecule has 0 radical (unpaired) electrons. The zero-order chi connectivity index (χ0) is 16.9. The summed E-state index contributed by atoms with van der Waals surface area (Å²) < 4.78 is 17.7. The number of rotatable bonds is 4. The molecule has 4 atom stereocenters. The molecule has 0 unspecified atom stereocenters. The van der Waals surface area contributed by atoms with Crippen LogP contribution < -0.4 is 0 Å². The van der Waals surface area contributed by atoms with Crippen molar-refractivity contribution in [3.8, 4) is 0 Å². The van der Waals surface area contributed by atoms with E-state index in [1.165, 1.54) is 6.92 Å². The van der Waals surface area contributed by atoms with E-state index in [2.05, 4.69) is 46.9 Å². The minimum atomic E-state index is -1.86. The average Bonchev–Trinajstić information content (AvgIpc) is 2.95. The van der Waals surface area contributed by atoms with Gasteiger partial charge >= 0.3 is 5.97 Å². The summed E-state index contributed by atoms with van der Waals surface area (Å²) in [5, 5.41) is 0.160. The number of esters is 1. The molecule has 2 aliphatic carbocycles. The van der Waals surface area contributed by atoms with Crippen molar-refractivity contribution < 1.29 is 18.7 Å². The Morgan fingerprint density at radius 1 is 1.36 bits per heavy atom. The van der Waals surface area contributed by atoms with Crippen molar-refractivity contribution in [2.45, 2.75) is 70.9 Å². The van der Waals surface area contributed by atoms with Crippen LogP contribution in [-0.4, -0.2) is 33.1 Å². The van der Waals surface area contributed by atoms with Crippen LogP contribution in [0.5, 0.6) is 0 Å². The Morgan fingerprint density at radius 2 is 1.95 bits per heavy atom.